The highest BCUT2D eigenvalue weighted by Crippen LogP contribution is 2.25. The summed E-state index contributed by atoms with van der Waals surface area (Å²) in [5.41, 5.74) is 1.15. The second-order valence-corrected chi connectivity index (χ2v) is 11.6. The van der Waals surface area contributed by atoms with Crippen molar-refractivity contribution in [1.82, 2.24) is 10.2 Å². The molecule has 0 spiro atoms. The zero-order valence-corrected chi connectivity index (χ0v) is 24.7. The lowest BCUT2D eigenvalue weighted by atomic mass is 10.1. The minimum absolute atomic E-state index is 0.0474. The van der Waals surface area contributed by atoms with Gasteiger partial charge in [-0.3, -0.25) is 13.9 Å². The molecular weight excluding hydrogens is 549 g/mol. The monoisotopic (exact) mass is 585 g/mol. The maximum absolute atomic E-state index is 13.5. The summed E-state index contributed by atoms with van der Waals surface area (Å²) in [6.07, 6.45) is 2.62. The molecule has 1 N–H and O–H groups in total. The number of ether oxygens (including phenoxy) is 1. The Kier molecular flexibility index (Phi) is 12.7. The molecule has 0 saturated carbocycles. The van der Waals surface area contributed by atoms with Gasteiger partial charge in [-0.05, 0) is 68.1 Å². The topological polar surface area (TPSA) is 96.0 Å². The molecule has 0 aliphatic rings. The van der Waals surface area contributed by atoms with Crippen LogP contribution in [0.4, 0.5) is 5.69 Å². The molecule has 0 aromatic heterocycles. The first kappa shape index (κ1) is 31.7. The molecule has 11 heteroatoms. The van der Waals surface area contributed by atoms with Crippen LogP contribution in [0.15, 0.2) is 42.5 Å². The number of hydrogen-bond donors (Lipinski definition) is 1. The first-order valence-corrected chi connectivity index (χ1v) is 15.3. The van der Waals surface area contributed by atoms with Crippen molar-refractivity contribution in [3.63, 3.8) is 0 Å². The highest BCUT2D eigenvalue weighted by molar-refractivity contribution is 7.92. The minimum atomic E-state index is -3.59. The van der Waals surface area contributed by atoms with Crippen LogP contribution in [0.2, 0.25) is 10.0 Å². The number of carbonyl (C=O) groups is 2. The number of anilines is 1. The third-order valence-electron chi connectivity index (χ3n) is 5.88. The number of halogens is 2. The molecule has 0 radical (unpaired) electrons. The van der Waals surface area contributed by atoms with Gasteiger partial charge in [-0.1, -0.05) is 43.1 Å². The summed E-state index contributed by atoms with van der Waals surface area (Å²) in [5, 5.41) is 3.75. The highest BCUT2D eigenvalue weighted by atomic mass is 35.5. The standard InChI is InChI=1S/C27H37Cl2N3O5S/c1-5-16-30-27(34)25(6-2)31(19-20-10-11-21(28)18-24(20)29)26(33)9-8-17-32(38(4,35)36)22-12-14-23(15-13-22)37-7-3/h10-15,18,25H,5-9,16-17,19H2,1-4H3,(H,30,34)/t25-/m0/s1. The average Bonchev–Trinajstić information content (AvgIpc) is 2.86. The number of nitrogens with zero attached hydrogens (tertiary/aromatic N) is 2. The average molecular weight is 587 g/mol. The van der Waals surface area contributed by atoms with Crippen molar-refractivity contribution in [3.05, 3.63) is 58.1 Å². The van der Waals surface area contributed by atoms with Gasteiger partial charge in [0, 0.05) is 36.1 Å². The molecule has 1 atom stereocenters. The van der Waals surface area contributed by atoms with Crippen molar-refractivity contribution < 1.29 is 22.7 Å². The fourth-order valence-corrected chi connectivity index (χ4v) is 5.43. The number of nitrogens with one attached hydrogen (secondary N) is 1. The van der Waals surface area contributed by atoms with Gasteiger partial charge >= 0.3 is 0 Å². The zero-order chi connectivity index (χ0) is 28.3. The summed E-state index contributed by atoms with van der Waals surface area (Å²) in [4.78, 5) is 27.9. The molecule has 0 unspecified atom stereocenters. The quantitative estimate of drug-likeness (QED) is 0.307. The van der Waals surface area contributed by atoms with Gasteiger partial charge in [-0.15, -0.1) is 0 Å². The highest BCUT2D eigenvalue weighted by Gasteiger charge is 2.29. The van der Waals surface area contributed by atoms with E-state index in [9.17, 15) is 18.0 Å². The van der Waals surface area contributed by atoms with Gasteiger partial charge in [0.1, 0.15) is 11.8 Å². The Bertz CT molecular complexity index is 1180. The van der Waals surface area contributed by atoms with Gasteiger partial charge in [0.2, 0.25) is 21.8 Å². The van der Waals surface area contributed by atoms with Crippen molar-refractivity contribution in [1.29, 1.82) is 0 Å². The van der Waals surface area contributed by atoms with Crippen LogP contribution in [-0.2, 0) is 26.2 Å². The van der Waals surface area contributed by atoms with Crippen molar-refractivity contribution in [2.24, 2.45) is 0 Å². The van der Waals surface area contributed by atoms with Crippen LogP contribution in [0.25, 0.3) is 0 Å². The fraction of sp³-hybridized carbons (Fsp3) is 0.481. The maximum atomic E-state index is 13.5. The van der Waals surface area contributed by atoms with Crippen molar-refractivity contribution in [3.8, 4) is 5.75 Å². The second-order valence-electron chi connectivity index (χ2n) is 8.84. The lowest BCUT2D eigenvalue weighted by Crippen LogP contribution is -2.49. The van der Waals surface area contributed by atoms with Crippen LogP contribution in [0.5, 0.6) is 5.75 Å². The van der Waals surface area contributed by atoms with E-state index in [1.807, 2.05) is 20.8 Å². The lowest BCUT2D eigenvalue weighted by molar-refractivity contribution is -0.141. The predicted molar refractivity (Wildman–Crippen MR) is 153 cm³/mol. The molecule has 0 saturated heterocycles. The SMILES string of the molecule is CCCNC(=O)[C@H](CC)N(Cc1ccc(Cl)cc1Cl)C(=O)CCCN(c1ccc(OCC)cc1)S(C)(=O)=O. The molecule has 210 valence electrons. The van der Waals surface area contributed by atoms with Gasteiger partial charge in [0.15, 0.2) is 0 Å². The molecule has 0 fully saturated rings. The summed E-state index contributed by atoms with van der Waals surface area (Å²) in [6.45, 7) is 6.91. The molecule has 2 rings (SSSR count). The molecule has 0 aliphatic heterocycles. The number of hydrogen-bond acceptors (Lipinski definition) is 5. The van der Waals surface area contributed by atoms with Gasteiger partial charge in [0.05, 0.1) is 18.6 Å². The Hall–Kier alpha value is -2.49. The van der Waals surface area contributed by atoms with Gasteiger partial charge < -0.3 is 15.0 Å². The predicted octanol–water partition coefficient (Wildman–Crippen LogP) is 5.27. The molecule has 2 amide bonds. The summed E-state index contributed by atoms with van der Waals surface area (Å²) in [6, 6.07) is 11.1. The third-order valence-corrected chi connectivity index (χ3v) is 7.66. The van der Waals surface area contributed by atoms with Crippen LogP contribution in [0, 0.1) is 0 Å². The number of benzene rings is 2. The van der Waals surface area contributed by atoms with E-state index in [-0.39, 0.29) is 37.7 Å². The Labute approximate surface area is 236 Å². The van der Waals surface area contributed by atoms with Crippen LogP contribution in [0.3, 0.4) is 0 Å². The van der Waals surface area contributed by atoms with E-state index in [0.717, 1.165) is 12.7 Å². The van der Waals surface area contributed by atoms with Gasteiger partial charge in [0.25, 0.3) is 0 Å². The van der Waals surface area contributed by atoms with Gasteiger partial charge in [-0.25, -0.2) is 8.42 Å². The largest absolute Gasteiger partial charge is 0.494 e. The Morgan fingerprint density at radius 3 is 2.29 bits per heavy atom. The fourth-order valence-electron chi connectivity index (χ4n) is 4.00. The van der Waals surface area contributed by atoms with Crippen LogP contribution < -0.4 is 14.4 Å². The first-order valence-electron chi connectivity index (χ1n) is 12.7. The van der Waals surface area contributed by atoms with Crippen LogP contribution >= 0.6 is 23.2 Å². The molecule has 38 heavy (non-hydrogen) atoms. The summed E-state index contributed by atoms with van der Waals surface area (Å²) < 4.78 is 31.8. The van der Waals surface area contributed by atoms with Crippen molar-refractivity contribution in [2.75, 3.05) is 30.3 Å². The minimum Gasteiger partial charge on any atom is -0.494 e. The third kappa shape index (κ3) is 9.36. The summed E-state index contributed by atoms with van der Waals surface area (Å²) in [5.74, 6) is 0.137. The Morgan fingerprint density at radius 2 is 1.74 bits per heavy atom. The number of amides is 2. The van der Waals surface area contributed by atoms with E-state index < -0.39 is 16.1 Å². The van der Waals surface area contributed by atoms with E-state index in [0.29, 0.717) is 46.6 Å². The summed E-state index contributed by atoms with van der Waals surface area (Å²) in [7, 11) is -3.59. The molecule has 2 aromatic rings. The maximum Gasteiger partial charge on any atom is 0.242 e. The molecule has 0 bridgehead atoms. The summed E-state index contributed by atoms with van der Waals surface area (Å²) >= 11 is 12.4. The van der Waals surface area contributed by atoms with E-state index in [1.54, 1.807) is 42.5 Å². The van der Waals surface area contributed by atoms with Crippen molar-refractivity contribution >= 4 is 50.7 Å². The van der Waals surface area contributed by atoms with Crippen molar-refractivity contribution in [2.45, 2.75) is 59.0 Å². The molecule has 8 nitrogen and oxygen atoms in total. The second kappa shape index (κ2) is 15.2. The smallest absolute Gasteiger partial charge is 0.242 e. The molecular formula is C27H37Cl2N3O5S. The van der Waals surface area contributed by atoms with E-state index in [2.05, 4.69) is 5.32 Å². The van der Waals surface area contributed by atoms with E-state index in [4.69, 9.17) is 27.9 Å². The number of carbonyl (C=O) groups excluding carboxylic acids is 2. The Balaban J connectivity index is 2.22. The molecule has 0 heterocycles. The first-order chi connectivity index (χ1) is 18.0. The lowest BCUT2D eigenvalue weighted by Gasteiger charge is -2.31. The molecule has 2 aromatic carbocycles. The number of rotatable bonds is 15. The van der Waals surface area contributed by atoms with Gasteiger partial charge in [-0.2, -0.15) is 0 Å². The van der Waals surface area contributed by atoms with E-state index >= 15 is 0 Å². The van der Waals surface area contributed by atoms with E-state index in [1.165, 1.54) is 9.21 Å². The Morgan fingerprint density at radius 1 is 1.05 bits per heavy atom. The van der Waals surface area contributed by atoms with Crippen LogP contribution in [0.1, 0.15) is 52.0 Å². The zero-order valence-electron chi connectivity index (χ0n) is 22.4. The molecule has 0 aliphatic carbocycles. The van der Waals surface area contributed by atoms with Crippen LogP contribution in [-0.4, -0.2) is 57.1 Å². The normalized spacial score (nSPS) is 12.1. The number of sulfonamides is 1.